The van der Waals surface area contributed by atoms with E-state index in [4.69, 9.17) is 0 Å². The van der Waals surface area contributed by atoms with Gasteiger partial charge >= 0.3 is 17.8 Å². The first kappa shape index (κ1) is 13.5. The highest BCUT2D eigenvalue weighted by Crippen LogP contribution is 2.59. The van der Waals surface area contributed by atoms with E-state index in [9.17, 15) is 43.7 Å². The lowest BCUT2D eigenvalue weighted by Crippen LogP contribution is -2.50. The molecule has 16 heavy (non-hydrogen) atoms. The van der Waals surface area contributed by atoms with E-state index in [1.807, 2.05) is 0 Å². The molecule has 11 heteroatoms. The summed E-state index contributed by atoms with van der Waals surface area (Å²) in [7, 11) is -6.34. The summed E-state index contributed by atoms with van der Waals surface area (Å²) < 4.78 is 118. The van der Waals surface area contributed by atoms with Crippen molar-refractivity contribution >= 4 is 10.1 Å². The molecule has 2 atom stereocenters. The van der Waals surface area contributed by atoms with Crippen LogP contribution in [0.25, 0.3) is 0 Å². The molecule has 3 nitrogen and oxygen atoms in total. The Morgan fingerprint density at radius 2 is 1.31 bits per heavy atom. The van der Waals surface area contributed by atoms with Crippen LogP contribution in [0.5, 0.6) is 0 Å². The van der Waals surface area contributed by atoms with Gasteiger partial charge in [0.1, 0.15) is 10.1 Å². The zero-order valence-electron chi connectivity index (χ0n) is 6.93. The Labute approximate surface area is 84.0 Å². The van der Waals surface area contributed by atoms with Gasteiger partial charge in [0.05, 0.1) is 0 Å². The summed E-state index contributed by atoms with van der Waals surface area (Å²) >= 11 is 0. The summed E-state index contributed by atoms with van der Waals surface area (Å²) in [6.07, 6.45) is -4.46. The molecule has 0 spiro atoms. The minimum atomic E-state index is -6.34. The maximum absolute atomic E-state index is 12.6. The van der Waals surface area contributed by atoms with E-state index in [-0.39, 0.29) is 0 Å². The van der Waals surface area contributed by atoms with Gasteiger partial charge in [-0.15, -0.1) is 0 Å². The van der Waals surface area contributed by atoms with Crippen LogP contribution in [-0.2, 0) is 10.1 Å². The van der Waals surface area contributed by atoms with Crippen molar-refractivity contribution in [3.05, 3.63) is 0 Å². The lowest BCUT2D eigenvalue weighted by atomic mass is 10.2. The zero-order chi connectivity index (χ0) is 13.2. The molecule has 0 heterocycles. The monoisotopic (exact) mass is 275 g/mol. The summed E-state index contributed by atoms with van der Waals surface area (Å²) in [6, 6.07) is 0. The van der Waals surface area contributed by atoms with Crippen LogP contribution in [0.2, 0.25) is 0 Å². The third-order valence-corrected chi connectivity index (χ3v) is 3.27. The molecule has 0 amide bonds. The highest BCUT2D eigenvalue weighted by atomic mass is 32.2. The number of halogens is 7. The Morgan fingerprint density at radius 1 is 0.938 bits per heavy atom. The third-order valence-electron chi connectivity index (χ3n) is 2.12. The summed E-state index contributed by atoms with van der Waals surface area (Å²) in [6.45, 7) is 0. The number of rotatable bonds is 1. The second-order valence-corrected chi connectivity index (χ2v) is 4.63. The number of hydrogen-bond donors (Lipinski definition) is 0. The predicted octanol–water partition coefficient (Wildman–Crippen LogP) is 1.16. The van der Waals surface area contributed by atoms with Gasteiger partial charge in [-0.25, -0.2) is 12.8 Å². The van der Waals surface area contributed by atoms with Crippen LogP contribution in [0.15, 0.2) is 0 Å². The molecule has 1 aliphatic rings. The number of hydrogen-bond acceptors (Lipinski definition) is 3. The summed E-state index contributed by atoms with van der Waals surface area (Å²) in [5, 5.41) is -4.30. The molecule has 0 N–H and O–H groups in total. The van der Waals surface area contributed by atoms with Gasteiger partial charge in [-0.3, -0.25) is 0 Å². The van der Waals surface area contributed by atoms with Crippen molar-refractivity contribution in [3.8, 4) is 0 Å². The largest absolute Gasteiger partial charge is 0.747 e. The summed E-state index contributed by atoms with van der Waals surface area (Å²) in [5.74, 6) is -18.1. The summed E-state index contributed by atoms with van der Waals surface area (Å²) in [5.41, 5.74) is 0. The third kappa shape index (κ3) is 1.33. The van der Waals surface area contributed by atoms with Crippen LogP contribution in [0.1, 0.15) is 0 Å². The van der Waals surface area contributed by atoms with Crippen LogP contribution in [0.3, 0.4) is 0 Å². The molecular formula is C5H2F7O3S-. The summed E-state index contributed by atoms with van der Waals surface area (Å²) in [4.78, 5) is 0. The van der Waals surface area contributed by atoms with Crippen molar-refractivity contribution in [1.82, 2.24) is 0 Å². The molecule has 0 aromatic heterocycles. The van der Waals surface area contributed by atoms with E-state index < -0.39 is 39.3 Å². The second-order valence-electron chi connectivity index (χ2n) is 3.14. The Morgan fingerprint density at radius 3 is 1.44 bits per heavy atom. The van der Waals surface area contributed by atoms with Gasteiger partial charge in [0.2, 0.25) is 0 Å². The first-order chi connectivity index (χ1) is 6.78. The molecule has 1 rings (SSSR count). The van der Waals surface area contributed by atoms with Gasteiger partial charge in [0.15, 0.2) is 11.4 Å². The zero-order valence-corrected chi connectivity index (χ0v) is 7.75. The first-order valence-corrected chi connectivity index (χ1v) is 4.97. The number of alkyl halides is 7. The van der Waals surface area contributed by atoms with Gasteiger partial charge in [-0.2, -0.15) is 26.3 Å². The average Bonchev–Trinajstić information content (AvgIpc) is 2.06. The van der Waals surface area contributed by atoms with Gasteiger partial charge in [-0.05, 0) is 0 Å². The Balaban J connectivity index is 3.48. The second kappa shape index (κ2) is 3.00. The van der Waals surface area contributed by atoms with Gasteiger partial charge in [0.25, 0.3) is 0 Å². The lowest BCUT2D eigenvalue weighted by molar-refractivity contribution is -0.276. The normalized spacial score (nSPS) is 36.2. The van der Waals surface area contributed by atoms with E-state index >= 15 is 0 Å². The molecule has 0 saturated heterocycles. The maximum Gasteiger partial charge on any atom is 0.376 e. The van der Waals surface area contributed by atoms with Crippen LogP contribution in [-0.4, -0.2) is 42.2 Å². The minimum absolute atomic E-state index is 4.30. The van der Waals surface area contributed by atoms with Crippen molar-refractivity contribution < 1.29 is 43.7 Å². The fraction of sp³-hybridized carbons (Fsp3) is 1.00. The Bertz CT molecular complexity index is 402. The average molecular weight is 275 g/mol. The van der Waals surface area contributed by atoms with E-state index in [0.717, 1.165) is 0 Å². The predicted molar refractivity (Wildman–Crippen MR) is 33.2 cm³/mol. The van der Waals surface area contributed by atoms with Crippen molar-refractivity contribution in [2.75, 3.05) is 0 Å². The van der Waals surface area contributed by atoms with Crippen LogP contribution in [0.4, 0.5) is 30.7 Å². The molecular weight excluding hydrogens is 273 g/mol. The molecule has 2 unspecified atom stereocenters. The van der Waals surface area contributed by atoms with E-state index in [1.54, 1.807) is 0 Å². The Kier molecular flexibility index (Phi) is 2.53. The first-order valence-electron chi connectivity index (χ1n) is 3.50. The fourth-order valence-corrected chi connectivity index (χ4v) is 2.25. The van der Waals surface area contributed by atoms with Crippen molar-refractivity contribution in [3.63, 3.8) is 0 Å². The van der Waals surface area contributed by atoms with Gasteiger partial charge in [0, 0.05) is 0 Å². The molecule has 0 aromatic carbocycles. The van der Waals surface area contributed by atoms with Gasteiger partial charge in [-0.1, -0.05) is 0 Å². The SMILES string of the molecule is O=S(=O)([O-])C1C(F)C(F)(F)C(F)(F)C1(F)F. The maximum atomic E-state index is 12.6. The van der Waals surface area contributed by atoms with Crippen LogP contribution < -0.4 is 0 Å². The molecule has 1 fully saturated rings. The smallest absolute Gasteiger partial charge is 0.376 e. The molecule has 0 bridgehead atoms. The highest BCUT2D eigenvalue weighted by Gasteiger charge is 2.87. The molecule has 1 aliphatic carbocycles. The minimum Gasteiger partial charge on any atom is -0.747 e. The standard InChI is InChI=1S/C5H3F7O3S/c6-1-2(16(13,14)15)4(9,10)5(11,12)3(1,7)8/h1-2H,(H,13,14,15)/p-1. The fourth-order valence-electron chi connectivity index (χ4n) is 1.28. The lowest BCUT2D eigenvalue weighted by Gasteiger charge is -2.25. The van der Waals surface area contributed by atoms with E-state index in [2.05, 4.69) is 0 Å². The highest BCUT2D eigenvalue weighted by molar-refractivity contribution is 7.86. The topological polar surface area (TPSA) is 57.2 Å². The van der Waals surface area contributed by atoms with Crippen molar-refractivity contribution in [2.45, 2.75) is 29.2 Å². The van der Waals surface area contributed by atoms with Crippen LogP contribution in [0, 0.1) is 0 Å². The molecule has 0 aromatic rings. The van der Waals surface area contributed by atoms with E-state index in [0.29, 0.717) is 0 Å². The molecule has 96 valence electrons. The quantitative estimate of drug-likeness (QED) is 0.533. The molecule has 0 aliphatic heterocycles. The van der Waals surface area contributed by atoms with Crippen LogP contribution >= 0.6 is 0 Å². The van der Waals surface area contributed by atoms with Crippen molar-refractivity contribution in [2.24, 2.45) is 0 Å². The molecule has 0 radical (unpaired) electrons. The van der Waals surface area contributed by atoms with E-state index in [1.165, 1.54) is 0 Å². The van der Waals surface area contributed by atoms with Crippen molar-refractivity contribution in [1.29, 1.82) is 0 Å². The molecule has 1 saturated carbocycles. The Hall–Kier alpha value is -0.580. The van der Waals surface area contributed by atoms with Gasteiger partial charge < -0.3 is 4.55 Å².